The molecule has 2 N–H and O–H groups in total. The molecule has 132 valence electrons. The fraction of sp³-hybridized carbons (Fsp3) is 0.556. The van der Waals surface area contributed by atoms with E-state index in [-0.39, 0.29) is 11.8 Å². The van der Waals surface area contributed by atoms with Crippen LogP contribution in [0.3, 0.4) is 0 Å². The monoisotopic (exact) mass is 335 g/mol. The van der Waals surface area contributed by atoms with Gasteiger partial charge in [-0.1, -0.05) is 13.8 Å². The van der Waals surface area contributed by atoms with E-state index in [0.29, 0.717) is 30.0 Å². The first-order valence-electron chi connectivity index (χ1n) is 7.93. The number of anilines is 1. The second kappa shape index (κ2) is 6.34. The minimum Gasteiger partial charge on any atom is -0.497 e. The maximum Gasteiger partial charge on any atom is 0.309 e. The van der Waals surface area contributed by atoms with Crippen LogP contribution in [0.5, 0.6) is 11.5 Å². The first-order valence-corrected chi connectivity index (χ1v) is 7.93. The van der Waals surface area contributed by atoms with E-state index < -0.39 is 16.8 Å². The average molecular weight is 335 g/mol. The third kappa shape index (κ3) is 2.92. The third-order valence-corrected chi connectivity index (χ3v) is 5.63. The van der Waals surface area contributed by atoms with Crippen LogP contribution in [0.25, 0.3) is 0 Å². The molecule has 1 fully saturated rings. The molecule has 0 aliphatic heterocycles. The van der Waals surface area contributed by atoms with Crippen molar-refractivity contribution in [3.63, 3.8) is 0 Å². The molecule has 2 atom stereocenters. The van der Waals surface area contributed by atoms with Crippen LogP contribution in [0.1, 0.15) is 33.6 Å². The predicted octanol–water partition coefficient (Wildman–Crippen LogP) is 3.17. The van der Waals surface area contributed by atoms with E-state index in [1.54, 1.807) is 39.3 Å². The van der Waals surface area contributed by atoms with Crippen LogP contribution in [0.4, 0.5) is 5.69 Å². The zero-order valence-electron chi connectivity index (χ0n) is 14.8. The Morgan fingerprint density at radius 1 is 1.12 bits per heavy atom. The maximum absolute atomic E-state index is 12.8. The summed E-state index contributed by atoms with van der Waals surface area (Å²) < 4.78 is 10.4. The molecule has 0 spiro atoms. The van der Waals surface area contributed by atoms with E-state index in [1.165, 1.54) is 0 Å². The van der Waals surface area contributed by atoms with Crippen LogP contribution in [0, 0.1) is 16.7 Å². The van der Waals surface area contributed by atoms with Gasteiger partial charge in [-0.2, -0.15) is 0 Å². The Labute approximate surface area is 142 Å². The lowest BCUT2D eigenvalue weighted by Gasteiger charge is -2.37. The van der Waals surface area contributed by atoms with Crippen molar-refractivity contribution >= 4 is 17.6 Å². The van der Waals surface area contributed by atoms with Crippen LogP contribution in [0.2, 0.25) is 0 Å². The Morgan fingerprint density at radius 3 is 2.08 bits per heavy atom. The van der Waals surface area contributed by atoms with Gasteiger partial charge >= 0.3 is 5.97 Å². The van der Waals surface area contributed by atoms with E-state index in [2.05, 4.69) is 5.32 Å². The summed E-state index contributed by atoms with van der Waals surface area (Å²) >= 11 is 0. The van der Waals surface area contributed by atoms with Gasteiger partial charge in [-0.05, 0) is 25.2 Å². The summed E-state index contributed by atoms with van der Waals surface area (Å²) in [6, 6.07) is 5.13. The lowest BCUT2D eigenvalue weighted by atomic mass is 9.65. The Hall–Kier alpha value is -2.24. The zero-order chi connectivity index (χ0) is 18.1. The molecule has 0 heterocycles. The number of rotatable bonds is 5. The molecule has 1 aromatic carbocycles. The number of ether oxygens (including phenoxy) is 2. The molecule has 0 saturated heterocycles. The van der Waals surface area contributed by atoms with Gasteiger partial charge in [0.1, 0.15) is 11.5 Å². The van der Waals surface area contributed by atoms with E-state index in [1.807, 2.05) is 13.8 Å². The molecule has 2 rings (SSSR count). The molecular weight excluding hydrogens is 310 g/mol. The number of carbonyl (C=O) groups excluding carboxylic acids is 1. The Kier molecular flexibility index (Phi) is 4.78. The Bertz CT molecular complexity index is 633. The number of hydrogen-bond donors (Lipinski definition) is 2. The molecule has 6 nitrogen and oxygen atoms in total. The maximum atomic E-state index is 12.8. The van der Waals surface area contributed by atoms with Gasteiger partial charge in [-0.15, -0.1) is 0 Å². The molecule has 1 saturated carbocycles. The van der Waals surface area contributed by atoms with Crippen molar-refractivity contribution in [1.82, 2.24) is 0 Å². The highest BCUT2D eigenvalue weighted by Gasteiger charge is 2.58. The van der Waals surface area contributed by atoms with E-state index in [9.17, 15) is 14.7 Å². The summed E-state index contributed by atoms with van der Waals surface area (Å²) in [4.78, 5) is 24.4. The third-order valence-electron chi connectivity index (χ3n) is 5.63. The number of nitrogens with one attached hydrogen (secondary N) is 1. The summed E-state index contributed by atoms with van der Waals surface area (Å²) in [5, 5.41) is 12.4. The van der Waals surface area contributed by atoms with Crippen molar-refractivity contribution in [3.05, 3.63) is 18.2 Å². The molecule has 1 amide bonds. The lowest BCUT2D eigenvalue weighted by Crippen LogP contribution is -2.43. The number of carboxylic acid groups (broad SMARTS) is 1. The Balaban J connectivity index is 2.23. The van der Waals surface area contributed by atoms with Crippen LogP contribution >= 0.6 is 0 Å². The number of carbonyl (C=O) groups is 2. The number of aliphatic carboxylic acids is 1. The number of hydrogen-bond acceptors (Lipinski definition) is 4. The van der Waals surface area contributed by atoms with Crippen molar-refractivity contribution in [2.75, 3.05) is 19.5 Å². The molecule has 0 bridgehead atoms. The van der Waals surface area contributed by atoms with Gasteiger partial charge < -0.3 is 19.9 Å². The van der Waals surface area contributed by atoms with Crippen LogP contribution in [0.15, 0.2) is 18.2 Å². The molecule has 24 heavy (non-hydrogen) atoms. The van der Waals surface area contributed by atoms with Crippen molar-refractivity contribution in [3.8, 4) is 11.5 Å². The topological polar surface area (TPSA) is 84.9 Å². The van der Waals surface area contributed by atoms with Crippen LogP contribution < -0.4 is 14.8 Å². The molecule has 1 aliphatic carbocycles. The summed E-state index contributed by atoms with van der Waals surface area (Å²) in [5.41, 5.74) is -0.997. The number of methoxy groups -OCH3 is 2. The SMILES string of the molecule is COc1cc(NC(=O)[C@H]2CC[C@@](C)(C(=O)O)C2(C)C)cc(OC)c1. The number of benzene rings is 1. The quantitative estimate of drug-likeness (QED) is 0.863. The molecule has 0 unspecified atom stereocenters. The summed E-state index contributed by atoms with van der Waals surface area (Å²) in [5.74, 6) is -0.265. The van der Waals surface area contributed by atoms with Gasteiger partial charge in [-0.25, -0.2) is 0 Å². The highest BCUT2D eigenvalue weighted by atomic mass is 16.5. The number of carboxylic acids is 1. The molecule has 0 radical (unpaired) electrons. The summed E-state index contributed by atoms with van der Waals surface area (Å²) in [7, 11) is 3.08. The van der Waals surface area contributed by atoms with Crippen molar-refractivity contribution in [2.24, 2.45) is 16.7 Å². The molecule has 6 heteroatoms. The van der Waals surface area contributed by atoms with Crippen molar-refractivity contribution in [1.29, 1.82) is 0 Å². The smallest absolute Gasteiger partial charge is 0.309 e. The minimum atomic E-state index is -0.916. The first kappa shape index (κ1) is 18.1. The fourth-order valence-electron chi connectivity index (χ4n) is 3.45. The van der Waals surface area contributed by atoms with Gasteiger partial charge in [0.25, 0.3) is 0 Å². The molecule has 0 aromatic heterocycles. The zero-order valence-corrected chi connectivity index (χ0v) is 14.8. The van der Waals surface area contributed by atoms with E-state index >= 15 is 0 Å². The Morgan fingerprint density at radius 2 is 1.67 bits per heavy atom. The largest absolute Gasteiger partial charge is 0.497 e. The minimum absolute atomic E-state index is 0.180. The molecular formula is C18H25NO5. The predicted molar refractivity (Wildman–Crippen MR) is 90.4 cm³/mol. The summed E-state index contributed by atoms with van der Waals surface area (Å²) in [6.45, 7) is 5.42. The highest BCUT2D eigenvalue weighted by molar-refractivity contribution is 5.94. The average Bonchev–Trinajstić information content (AvgIpc) is 2.78. The van der Waals surface area contributed by atoms with Gasteiger partial charge in [-0.3, -0.25) is 9.59 Å². The van der Waals surface area contributed by atoms with Crippen molar-refractivity contribution in [2.45, 2.75) is 33.6 Å². The van der Waals surface area contributed by atoms with Gasteiger partial charge in [0.05, 0.1) is 19.6 Å². The van der Waals surface area contributed by atoms with E-state index in [4.69, 9.17) is 9.47 Å². The second-order valence-corrected chi connectivity index (χ2v) is 7.04. The van der Waals surface area contributed by atoms with Crippen LogP contribution in [-0.2, 0) is 9.59 Å². The second-order valence-electron chi connectivity index (χ2n) is 7.04. The van der Waals surface area contributed by atoms with Gasteiger partial charge in [0.15, 0.2) is 0 Å². The molecule has 1 aliphatic rings. The highest BCUT2D eigenvalue weighted by Crippen LogP contribution is 2.56. The number of amides is 1. The van der Waals surface area contributed by atoms with Gasteiger partial charge in [0.2, 0.25) is 5.91 Å². The summed E-state index contributed by atoms with van der Waals surface area (Å²) in [6.07, 6.45) is 1.03. The molecule has 1 aromatic rings. The standard InChI is InChI=1S/C18H25NO5/c1-17(2)14(6-7-18(17,3)16(21)22)15(20)19-11-8-12(23-4)10-13(9-11)24-5/h8-10,14H,6-7H2,1-5H3,(H,19,20)(H,21,22)/t14-,18+/m1/s1. The van der Waals surface area contributed by atoms with Gasteiger partial charge in [0, 0.05) is 29.8 Å². The van der Waals surface area contributed by atoms with E-state index in [0.717, 1.165) is 0 Å². The lowest BCUT2D eigenvalue weighted by molar-refractivity contribution is -0.154. The fourth-order valence-corrected chi connectivity index (χ4v) is 3.45. The normalized spacial score (nSPS) is 25.1. The van der Waals surface area contributed by atoms with Crippen molar-refractivity contribution < 1.29 is 24.2 Å². The van der Waals surface area contributed by atoms with Crippen LogP contribution in [-0.4, -0.2) is 31.2 Å². The first-order chi connectivity index (χ1) is 11.2.